The van der Waals surface area contributed by atoms with Gasteiger partial charge in [0.2, 0.25) is 0 Å². The van der Waals surface area contributed by atoms with Gasteiger partial charge in [-0.05, 0) is 36.4 Å². The summed E-state index contributed by atoms with van der Waals surface area (Å²) < 4.78 is 5.72. The summed E-state index contributed by atoms with van der Waals surface area (Å²) >= 11 is 5.86. The number of benzene rings is 2. The number of furan rings is 1. The van der Waals surface area contributed by atoms with Gasteiger partial charge in [-0.3, -0.25) is 14.9 Å². The zero-order valence-corrected chi connectivity index (χ0v) is 18.2. The van der Waals surface area contributed by atoms with E-state index in [1.165, 1.54) is 18.2 Å². The molecule has 33 heavy (non-hydrogen) atoms. The van der Waals surface area contributed by atoms with Gasteiger partial charge in [0, 0.05) is 49.6 Å². The van der Waals surface area contributed by atoms with Crippen molar-refractivity contribution in [2.45, 2.75) is 0 Å². The van der Waals surface area contributed by atoms with Crippen LogP contribution in [0.4, 0.5) is 11.4 Å². The molecule has 166 valence electrons. The van der Waals surface area contributed by atoms with E-state index >= 15 is 0 Å². The van der Waals surface area contributed by atoms with Crippen molar-refractivity contribution in [3.63, 3.8) is 0 Å². The van der Waals surface area contributed by atoms with Crippen LogP contribution in [0.5, 0.6) is 0 Å². The predicted octanol–water partition coefficient (Wildman–Crippen LogP) is 4.76. The highest BCUT2D eigenvalue weighted by Gasteiger charge is 2.24. The van der Waals surface area contributed by atoms with Crippen LogP contribution in [0.3, 0.4) is 0 Å². The van der Waals surface area contributed by atoms with E-state index in [4.69, 9.17) is 16.0 Å². The number of hydrogen-bond donors (Lipinski definition) is 0. The van der Waals surface area contributed by atoms with Gasteiger partial charge in [-0.15, -0.1) is 0 Å². The summed E-state index contributed by atoms with van der Waals surface area (Å²) in [5.74, 6) is 0.308. The van der Waals surface area contributed by atoms with Gasteiger partial charge >= 0.3 is 0 Å². The molecule has 9 heteroatoms. The molecule has 0 saturated carbocycles. The number of nitrogens with zero attached hydrogens (tertiary/aromatic N) is 4. The van der Waals surface area contributed by atoms with Crippen LogP contribution >= 0.6 is 11.6 Å². The average molecular weight is 463 g/mol. The maximum atomic E-state index is 12.9. The van der Waals surface area contributed by atoms with Crippen molar-refractivity contribution >= 4 is 35.0 Å². The number of rotatable bonds is 5. The molecule has 0 bridgehead atoms. The highest BCUT2D eigenvalue weighted by molar-refractivity contribution is 6.32. The molecular weight excluding hydrogens is 444 g/mol. The Kier molecular flexibility index (Phi) is 6.43. The Balaban J connectivity index is 1.47. The topological polar surface area (TPSA) is 104 Å². The van der Waals surface area contributed by atoms with Gasteiger partial charge in [0.05, 0.1) is 4.92 Å². The van der Waals surface area contributed by atoms with Crippen LogP contribution in [0.25, 0.3) is 17.4 Å². The highest BCUT2D eigenvalue weighted by Crippen LogP contribution is 2.31. The number of halogens is 1. The van der Waals surface area contributed by atoms with Crippen molar-refractivity contribution in [3.8, 4) is 17.4 Å². The van der Waals surface area contributed by atoms with Crippen molar-refractivity contribution in [1.29, 1.82) is 5.26 Å². The second-order valence-electron chi connectivity index (χ2n) is 7.41. The van der Waals surface area contributed by atoms with Crippen molar-refractivity contribution in [3.05, 3.63) is 87.1 Å². The Morgan fingerprint density at radius 2 is 1.82 bits per heavy atom. The van der Waals surface area contributed by atoms with E-state index in [2.05, 4.69) is 4.90 Å². The lowest BCUT2D eigenvalue weighted by atomic mass is 10.1. The number of nitro groups is 1. The zero-order valence-electron chi connectivity index (χ0n) is 17.5. The second kappa shape index (κ2) is 9.59. The lowest BCUT2D eigenvalue weighted by molar-refractivity contribution is -0.384. The molecule has 1 aliphatic heterocycles. The first-order chi connectivity index (χ1) is 16.0. The number of piperazine rings is 1. The molecule has 0 unspecified atom stereocenters. The minimum Gasteiger partial charge on any atom is -0.457 e. The molecule has 1 amide bonds. The fraction of sp³-hybridized carbons (Fsp3) is 0.167. The highest BCUT2D eigenvalue weighted by atomic mass is 35.5. The molecule has 0 N–H and O–H groups in total. The van der Waals surface area contributed by atoms with E-state index in [1.807, 2.05) is 36.4 Å². The van der Waals surface area contributed by atoms with Crippen LogP contribution in [-0.2, 0) is 4.79 Å². The van der Waals surface area contributed by atoms with Gasteiger partial charge in [0.15, 0.2) is 0 Å². The van der Waals surface area contributed by atoms with Gasteiger partial charge in [-0.25, -0.2) is 0 Å². The van der Waals surface area contributed by atoms with Crippen LogP contribution in [0.1, 0.15) is 5.76 Å². The van der Waals surface area contributed by atoms with Crippen molar-refractivity contribution in [1.82, 2.24) is 4.90 Å². The molecule has 2 aromatic carbocycles. The molecule has 0 atom stereocenters. The SMILES string of the molecule is N#C/C(=C\c1ccc(-c2ccc(Cl)c([N+](=O)[O-])c2)o1)C(=O)N1CCN(c2ccccc2)CC1. The number of hydrogen-bond acceptors (Lipinski definition) is 6. The zero-order chi connectivity index (χ0) is 23.4. The lowest BCUT2D eigenvalue weighted by Crippen LogP contribution is -2.49. The molecule has 8 nitrogen and oxygen atoms in total. The molecule has 1 aliphatic rings. The van der Waals surface area contributed by atoms with E-state index in [0.717, 1.165) is 5.69 Å². The van der Waals surface area contributed by atoms with E-state index in [0.29, 0.717) is 43.3 Å². The van der Waals surface area contributed by atoms with Crippen molar-refractivity contribution in [2.75, 3.05) is 31.1 Å². The molecule has 2 heterocycles. The van der Waals surface area contributed by atoms with Crippen LogP contribution in [-0.4, -0.2) is 41.9 Å². The third-order valence-electron chi connectivity index (χ3n) is 5.38. The van der Waals surface area contributed by atoms with Crippen LogP contribution < -0.4 is 4.90 Å². The van der Waals surface area contributed by atoms with Crippen LogP contribution in [0.2, 0.25) is 5.02 Å². The molecule has 3 aromatic rings. The number of anilines is 1. The molecule has 4 rings (SSSR count). The lowest BCUT2D eigenvalue weighted by Gasteiger charge is -2.36. The molecule has 1 fully saturated rings. The van der Waals surface area contributed by atoms with E-state index < -0.39 is 4.92 Å². The predicted molar refractivity (Wildman–Crippen MR) is 125 cm³/mol. The number of para-hydroxylation sites is 1. The standard InChI is InChI=1S/C24H19ClN4O4/c25-21-8-6-17(15-22(21)29(31)32)23-9-7-20(33-23)14-18(16-26)24(30)28-12-10-27(11-13-28)19-4-2-1-3-5-19/h1-9,14-15H,10-13H2/b18-14+. The van der Waals surface area contributed by atoms with Crippen molar-refractivity contribution < 1.29 is 14.1 Å². The summed E-state index contributed by atoms with van der Waals surface area (Å²) in [4.78, 5) is 27.3. The smallest absolute Gasteiger partial charge is 0.288 e. The maximum absolute atomic E-state index is 12.9. The van der Waals surface area contributed by atoms with Gasteiger partial charge in [0.1, 0.15) is 28.2 Å². The monoisotopic (exact) mass is 462 g/mol. The normalized spacial score (nSPS) is 14.1. The van der Waals surface area contributed by atoms with Crippen LogP contribution in [0.15, 0.2) is 70.7 Å². The Labute approximate surface area is 195 Å². The molecule has 1 saturated heterocycles. The van der Waals surface area contributed by atoms with Gasteiger partial charge in [-0.1, -0.05) is 29.8 Å². The van der Waals surface area contributed by atoms with Crippen LogP contribution in [0, 0.1) is 21.4 Å². The first-order valence-corrected chi connectivity index (χ1v) is 10.6. The number of nitriles is 1. The minimum absolute atomic E-state index is 0.0279. The maximum Gasteiger partial charge on any atom is 0.288 e. The van der Waals surface area contributed by atoms with Gasteiger partial charge < -0.3 is 14.2 Å². The first kappa shape index (κ1) is 22.1. The third kappa shape index (κ3) is 4.89. The summed E-state index contributed by atoms with van der Waals surface area (Å²) in [6.45, 7) is 2.36. The van der Waals surface area contributed by atoms with E-state index in [1.54, 1.807) is 23.1 Å². The average Bonchev–Trinajstić information content (AvgIpc) is 3.31. The minimum atomic E-state index is -0.570. The Bertz CT molecular complexity index is 1250. The van der Waals surface area contributed by atoms with Gasteiger partial charge in [-0.2, -0.15) is 5.26 Å². The fourth-order valence-electron chi connectivity index (χ4n) is 3.65. The Morgan fingerprint density at radius 3 is 2.48 bits per heavy atom. The largest absolute Gasteiger partial charge is 0.457 e. The number of carbonyl (C=O) groups excluding carboxylic acids is 1. The number of carbonyl (C=O) groups is 1. The summed E-state index contributed by atoms with van der Waals surface area (Å²) in [5.41, 5.74) is 1.30. The fourth-order valence-corrected chi connectivity index (χ4v) is 3.84. The molecule has 0 spiro atoms. The van der Waals surface area contributed by atoms with E-state index in [9.17, 15) is 20.2 Å². The summed E-state index contributed by atoms with van der Waals surface area (Å²) in [7, 11) is 0. The summed E-state index contributed by atoms with van der Waals surface area (Å²) in [5, 5.41) is 20.7. The number of amides is 1. The van der Waals surface area contributed by atoms with Crippen molar-refractivity contribution in [2.24, 2.45) is 0 Å². The molecular formula is C24H19ClN4O4. The third-order valence-corrected chi connectivity index (χ3v) is 5.70. The van der Waals surface area contributed by atoms with E-state index in [-0.39, 0.29) is 22.2 Å². The quantitative estimate of drug-likeness (QED) is 0.234. The second-order valence-corrected chi connectivity index (χ2v) is 7.82. The Hall–Kier alpha value is -4.09. The molecule has 0 aliphatic carbocycles. The summed E-state index contributed by atoms with van der Waals surface area (Å²) in [6, 6.07) is 19.5. The van der Waals surface area contributed by atoms with Gasteiger partial charge in [0.25, 0.3) is 11.6 Å². The molecule has 1 aromatic heterocycles. The molecule has 0 radical (unpaired) electrons. The first-order valence-electron chi connectivity index (χ1n) is 10.2. The Morgan fingerprint density at radius 1 is 1.09 bits per heavy atom. The summed E-state index contributed by atoms with van der Waals surface area (Å²) in [6.07, 6.45) is 1.39. The number of nitro benzene ring substituents is 1.